The first-order valence-electron chi connectivity index (χ1n) is 6.25. The maximum Gasteiger partial charge on any atom is 0.270 e. The normalized spacial score (nSPS) is 13.4. The van der Waals surface area contributed by atoms with Gasteiger partial charge in [-0.1, -0.05) is 13.8 Å². The van der Waals surface area contributed by atoms with E-state index in [0.29, 0.717) is 12.5 Å². The second-order valence-corrected chi connectivity index (χ2v) is 6.74. The quantitative estimate of drug-likeness (QED) is 0.583. The summed E-state index contributed by atoms with van der Waals surface area (Å²) in [6, 6.07) is 2.24. The van der Waals surface area contributed by atoms with Crippen LogP contribution in [-0.4, -0.2) is 31.1 Å². The zero-order valence-electron chi connectivity index (χ0n) is 11.6. The Hall–Kier alpha value is -1.58. The Labute approximate surface area is 122 Å². The molecule has 0 fully saturated rings. The van der Waals surface area contributed by atoms with Crippen molar-refractivity contribution in [1.29, 1.82) is 0 Å². The minimum absolute atomic E-state index is 0.166. The van der Waals surface area contributed by atoms with Crippen LogP contribution >= 0.6 is 0 Å². The van der Waals surface area contributed by atoms with Crippen LogP contribution in [0.5, 0.6) is 0 Å². The maximum atomic E-state index is 13.6. The van der Waals surface area contributed by atoms with Gasteiger partial charge in [0.15, 0.2) is 0 Å². The molecule has 1 unspecified atom stereocenters. The highest BCUT2D eigenvalue weighted by Crippen LogP contribution is 2.21. The van der Waals surface area contributed by atoms with Crippen LogP contribution in [0.2, 0.25) is 0 Å². The van der Waals surface area contributed by atoms with Crippen LogP contribution in [0, 0.1) is 21.8 Å². The molecule has 9 heteroatoms. The van der Waals surface area contributed by atoms with Gasteiger partial charge in [-0.25, -0.2) is 17.5 Å². The van der Waals surface area contributed by atoms with Gasteiger partial charge in [0.05, 0.1) is 11.0 Å². The first kappa shape index (κ1) is 17.5. The number of aliphatic hydroxyl groups excluding tert-OH is 1. The highest BCUT2D eigenvalue weighted by molar-refractivity contribution is 7.89. The Balaban J connectivity index is 2.92. The van der Waals surface area contributed by atoms with E-state index in [1.165, 1.54) is 0 Å². The monoisotopic (exact) mass is 320 g/mol. The second-order valence-electron chi connectivity index (χ2n) is 5.01. The van der Waals surface area contributed by atoms with Crippen LogP contribution in [-0.2, 0) is 10.0 Å². The van der Waals surface area contributed by atoms with Crippen LogP contribution in [0.3, 0.4) is 0 Å². The number of non-ortho nitro benzene ring substituents is 1. The van der Waals surface area contributed by atoms with Gasteiger partial charge in [0.1, 0.15) is 10.7 Å². The summed E-state index contributed by atoms with van der Waals surface area (Å²) in [5.74, 6) is -0.925. The van der Waals surface area contributed by atoms with Crippen LogP contribution in [0.1, 0.15) is 20.3 Å². The summed E-state index contributed by atoms with van der Waals surface area (Å²) in [6.07, 6.45) is -0.540. The van der Waals surface area contributed by atoms with Crippen molar-refractivity contribution in [3.05, 3.63) is 34.1 Å². The third-order valence-electron chi connectivity index (χ3n) is 2.67. The fourth-order valence-corrected chi connectivity index (χ4v) is 2.89. The average molecular weight is 320 g/mol. The molecule has 0 saturated carbocycles. The minimum atomic E-state index is -4.27. The van der Waals surface area contributed by atoms with E-state index in [2.05, 4.69) is 0 Å². The Morgan fingerprint density at radius 2 is 2.05 bits per heavy atom. The fraction of sp³-hybridized carbons (Fsp3) is 0.500. The molecule has 0 aliphatic heterocycles. The Bertz CT molecular complexity index is 618. The van der Waals surface area contributed by atoms with E-state index in [9.17, 15) is 28.0 Å². The number of nitrogens with one attached hydrogen (secondary N) is 1. The van der Waals surface area contributed by atoms with Crippen LogP contribution in [0.4, 0.5) is 10.1 Å². The molecular weight excluding hydrogens is 303 g/mol. The number of nitro benzene ring substituents is 1. The lowest BCUT2D eigenvalue weighted by molar-refractivity contribution is -0.385. The molecule has 0 aliphatic rings. The zero-order chi connectivity index (χ0) is 16.2. The van der Waals surface area contributed by atoms with Gasteiger partial charge in [-0.15, -0.1) is 0 Å². The summed E-state index contributed by atoms with van der Waals surface area (Å²) < 4.78 is 39.5. The molecule has 1 aromatic rings. The topological polar surface area (TPSA) is 110 Å². The van der Waals surface area contributed by atoms with Crippen molar-refractivity contribution < 1.29 is 22.8 Å². The summed E-state index contributed by atoms with van der Waals surface area (Å²) >= 11 is 0. The molecule has 1 atom stereocenters. The van der Waals surface area contributed by atoms with Crippen LogP contribution < -0.4 is 4.72 Å². The van der Waals surface area contributed by atoms with Crippen LogP contribution in [0.15, 0.2) is 23.1 Å². The molecule has 1 aromatic carbocycles. The van der Waals surface area contributed by atoms with Gasteiger partial charge in [-0.2, -0.15) is 0 Å². The molecule has 0 heterocycles. The van der Waals surface area contributed by atoms with Crippen molar-refractivity contribution in [3.8, 4) is 0 Å². The third kappa shape index (κ3) is 5.03. The highest BCUT2D eigenvalue weighted by atomic mass is 32.2. The molecule has 0 aliphatic carbocycles. The van der Waals surface area contributed by atoms with Crippen molar-refractivity contribution >= 4 is 15.7 Å². The lowest BCUT2D eigenvalue weighted by atomic mass is 10.1. The number of rotatable bonds is 7. The van der Waals surface area contributed by atoms with Crippen molar-refractivity contribution in [2.45, 2.75) is 31.3 Å². The van der Waals surface area contributed by atoms with Gasteiger partial charge in [-0.05, 0) is 18.4 Å². The Morgan fingerprint density at radius 1 is 1.43 bits per heavy atom. The van der Waals surface area contributed by atoms with Crippen molar-refractivity contribution in [2.75, 3.05) is 6.54 Å². The largest absolute Gasteiger partial charge is 0.392 e. The standard InChI is InChI=1S/C12H17FN2O5S/c1-8(2)5-10(16)7-14-21(19,20)12-6-9(15(17)18)3-4-11(12)13/h3-4,6,8,10,14,16H,5,7H2,1-2H3. The number of hydrogen-bond acceptors (Lipinski definition) is 5. The summed E-state index contributed by atoms with van der Waals surface area (Å²) in [4.78, 5) is 8.98. The molecule has 21 heavy (non-hydrogen) atoms. The molecule has 0 saturated heterocycles. The molecule has 0 bridgehead atoms. The highest BCUT2D eigenvalue weighted by Gasteiger charge is 2.23. The van der Waals surface area contributed by atoms with E-state index >= 15 is 0 Å². The number of halogens is 1. The van der Waals surface area contributed by atoms with Gasteiger partial charge in [0.25, 0.3) is 5.69 Å². The number of aliphatic hydroxyl groups is 1. The first-order valence-corrected chi connectivity index (χ1v) is 7.73. The lowest BCUT2D eigenvalue weighted by Gasteiger charge is -2.14. The third-order valence-corrected chi connectivity index (χ3v) is 4.11. The lowest BCUT2D eigenvalue weighted by Crippen LogP contribution is -2.33. The van der Waals surface area contributed by atoms with Gasteiger partial charge < -0.3 is 5.11 Å². The molecule has 0 radical (unpaired) electrons. The fourth-order valence-electron chi connectivity index (χ4n) is 1.72. The molecular formula is C12H17FN2O5S. The number of nitro groups is 1. The number of hydrogen-bond donors (Lipinski definition) is 2. The van der Waals surface area contributed by atoms with Gasteiger partial charge in [0.2, 0.25) is 10.0 Å². The van der Waals surface area contributed by atoms with Gasteiger partial charge in [0, 0.05) is 18.7 Å². The number of sulfonamides is 1. The predicted molar refractivity (Wildman–Crippen MR) is 73.7 cm³/mol. The zero-order valence-corrected chi connectivity index (χ0v) is 12.4. The van der Waals surface area contributed by atoms with E-state index in [-0.39, 0.29) is 12.5 Å². The van der Waals surface area contributed by atoms with Crippen molar-refractivity contribution in [1.82, 2.24) is 4.72 Å². The smallest absolute Gasteiger partial charge is 0.270 e. The summed E-state index contributed by atoms with van der Waals surface area (Å²) in [5, 5.41) is 20.2. The molecule has 0 aromatic heterocycles. The van der Waals surface area contributed by atoms with E-state index in [1.807, 2.05) is 18.6 Å². The van der Waals surface area contributed by atoms with Gasteiger partial charge in [-0.3, -0.25) is 10.1 Å². The molecule has 7 nitrogen and oxygen atoms in total. The van der Waals surface area contributed by atoms with Crippen molar-refractivity contribution in [2.24, 2.45) is 5.92 Å². The predicted octanol–water partition coefficient (Wildman–Crippen LogP) is 1.42. The number of benzene rings is 1. The molecule has 0 amide bonds. The molecule has 0 spiro atoms. The average Bonchev–Trinajstić information content (AvgIpc) is 2.35. The molecule has 118 valence electrons. The number of nitrogens with zero attached hydrogens (tertiary/aromatic N) is 1. The minimum Gasteiger partial charge on any atom is -0.392 e. The van der Waals surface area contributed by atoms with Gasteiger partial charge >= 0.3 is 0 Å². The van der Waals surface area contributed by atoms with E-state index in [0.717, 1.165) is 12.1 Å². The van der Waals surface area contributed by atoms with Crippen molar-refractivity contribution in [3.63, 3.8) is 0 Å². The first-order chi connectivity index (χ1) is 9.63. The molecule has 2 N–H and O–H groups in total. The Morgan fingerprint density at radius 3 is 2.57 bits per heavy atom. The van der Waals surface area contributed by atoms with E-state index in [4.69, 9.17) is 0 Å². The summed E-state index contributed by atoms with van der Waals surface area (Å²) in [7, 11) is -4.27. The van der Waals surface area contributed by atoms with E-state index < -0.39 is 37.5 Å². The SMILES string of the molecule is CC(C)CC(O)CNS(=O)(=O)c1cc([N+](=O)[O-])ccc1F. The maximum absolute atomic E-state index is 13.6. The second kappa shape index (κ2) is 6.92. The van der Waals surface area contributed by atoms with E-state index in [1.54, 1.807) is 0 Å². The van der Waals surface area contributed by atoms with Crippen LogP contribution in [0.25, 0.3) is 0 Å². The summed E-state index contributed by atoms with van der Waals surface area (Å²) in [5.41, 5.74) is -0.528. The molecule has 1 rings (SSSR count). The summed E-state index contributed by atoms with van der Waals surface area (Å²) in [6.45, 7) is 3.43. The Kier molecular flexibility index (Phi) is 5.76.